The molecular formula is C21H25F3N2O6. The van der Waals surface area contributed by atoms with E-state index in [4.69, 9.17) is 20.7 Å². The summed E-state index contributed by atoms with van der Waals surface area (Å²) < 4.78 is 31.7. The molecule has 1 amide bonds. The van der Waals surface area contributed by atoms with Crippen LogP contribution in [0.1, 0.15) is 24.4 Å². The average molecular weight is 458 g/mol. The summed E-state index contributed by atoms with van der Waals surface area (Å²) in [4.78, 5) is 22.4. The van der Waals surface area contributed by atoms with Crippen LogP contribution in [0.3, 0.4) is 0 Å². The number of hydrogen-bond acceptors (Lipinski definition) is 6. The SMILES string of the molecule is NC(c1cc2ccccc2cc1O)C1CCN(C(=O)C(O)CO)CC1.O=C(O)C(F)(F)F. The number of aliphatic hydroxyl groups excluding tert-OH is 2. The number of aromatic hydroxyl groups is 1. The molecule has 32 heavy (non-hydrogen) atoms. The van der Waals surface area contributed by atoms with Crippen LogP contribution in [-0.4, -0.2) is 69.2 Å². The highest BCUT2D eigenvalue weighted by Crippen LogP contribution is 2.35. The summed E-state index contributed by atoms with van der Waals surface area (Å²) in [6, 6.07) is 11.2. The third-order valence-electron chi connectivity index (χ3n) is 5.31. The molecule has 1 aliphatic heterocycles. The van der Waals surface area contributed by atoms with Gasteiger partial charge in [-0.15, -0.1) is 0 Å². The summed E-state index contributed by atoms with van der Waals surface area (Å²) in [5.41, 5.74) is 7.14. The molecular weight excluding hydrogens is 433 g/mol. The number of rotatable bonds is 4. The smallest absolute Gasteiger partial charge is 0.490 e. The van der Waals surface area contributed by atoms with E-state index in [1.165, 1.54) is 0 Å². The number of aliphatic carboxylic acids is 1. The Morgan fingerprint density at radius 1 is 1.12 bits per heavy atom. The normalized spacial score (nSPS) is 16.8. The predicted molar refractivity (Wildman–Crippen MR) is 109 cm³/mol. The van der Waals surface area contributed by atoms with Crippen LogP contribution >= 0.6 is 0 Å². The maximum Gasteiger partial charge on any atom is 0.490 e. The number of hydrogen-bond donors (Lipinski definition) is 5. The first-order chi connectivity index (χ1) is 15.0. The van der Waals surface area contributed by atoms with E-state index >= 15 is 0 Å². The second-order valence-electron chi connectivity index (χ2n) is 7.45. The van der Waals surface area contributed by atoms with Gasteiger partial charge in [-0.25, -0.2) is 4.79 Å². The van der Waals surface area contributed by atoms with Crippen molar-refractivity contribution in [3.05, 3.63) is 42.0 Å². The molecule has 6 N–H and O–H groups in total. The van der Waals surface area contributed by atoms with E-state index in [0.29, 0.717) is 25.9 Å². The lowest BCUT2D eigenvalue weighted by atomic mass is 9.85. The quantitative estimate of drug-likeness (QED) is 0.470. The van der Waals surface area contributed by atoms with Crippen molar-refractivity contribution in [2.75, 3.05) is 19.7 Å². The molecule has 2 atom stereocenters. The van der Waals surface area contributed by atoms with Gasteiger partial charge in [-0.05, 0) is 41.7 Å². The van der Waals surface area contributed by atoms with Gasteiger partial charge in [0, 0.05) is 24.7 Å². The molecule has 0 saturated carbocycles. The van der Waals surface area contributed by atoms with Crippen LogP contribution in [0.15, 0.2) is 36.4 Å². The van der Waals surface area contributed by atoms with Crippen molar-refractivity contribution in [3.63, 3.8) is 0 Å². The number of carbonyl (C=O) groups excluding carboxylic acids is 1. The van der Waals surface area contributed by atoms with Crippen molar-refractivity contribution in [1.82, 2.24) is 4.90 Å². The number of piperidine rings is 1. The minimum atomic E-state index is -5.08. The van der Waals surface area contributed by atoms with E-state index in [-0.39, 0.29) is 17.7 Å². The van der Waals surface area contributed by atoms with Crippen LogP contribution in [0.5, 0.6) is 5.75 Å². The van der Waals surface area contributed by atoms with E-state index in [2.05, 4.69) is 0 Å². The van der Waals surface area contributed by atoms with Gasteiger partial charge in [0.2, 0.25) is 0 Å². The van der Waals surface area contributed by atoms with Gasteiger partial charge in [-0.2, -0.15) is 13.2 Å². The number of halogens is 3. The number of benzene rings is 2. The fourth-order valence-electron chi connectivity index (χ4n) is 3.53. The highest BCUT2D eigenvalue weighted by Gasteiger charge is 2.38. The number of carbonyl (C=O) groups is 2. The molecule has 0 bridgehead atoms. The predicted octanol–water partition coefficient (Wildman–Crippen LogP) is 1.77. The molecule has 2 aromatic carbocycles. The Hall–Kier alpha value is -2.89. The first-order valence-corrected chi connectivity index (χ1v) is 9.80. The highest BCUT2D eigenvalue weighted by molar-refractivity contribution is 5.85. The fraction of sp³-hybridized carbons (Fsp3) is 0.429. The average Bonchev–Trinajstić information content (AvgIpc) is 2.77. The summed E-state index contributed by atoms with van der Waals surface area (Å²) in [7, 11) is 0. The molecule has 1 saturated heterocycles. The Bertz CT molecular complexity index is 945. The maximum atomic E-state index is 11.9. The first kappa shape index (κ1) is 25.4. The lowest BCUT2D eigenvalue weighted by molar-refractivity contribution is -0.192. The molecule has 3 rings (SSSR count). The summed E-state index contributed by atoms with van der Waals surface area (Å²) >= 11 is 0. The number of alkyl halides is 3. The summed E-state index contributed by atoms with van der Waals surface area (Å²) in [6.45, 7) is 0.411. The Morgan fingerprint density at radius 3 is 2.09 bits per heavy atom. The van der Waals surface area contributed by atoms with Crippen molar-refractivity contribution < 1.29 is 43.2 Å². The van der Waals surface area contributed by atoms with Gasteiger partial charge < -0.3 is 31.1 Å². The van der Waals surface area contributed by atoms with Crippen LogP contribution in [0.25, 0.3) is 10.8 Å². The molecule has 8 nitrogen and oxygen atoms in total. The Labute approximate surface area is 181 Å². The van der Waals surface area contributed by atoms with Crippen LogP contribution in [0.2, 0.25) is 0 Å². The minimum Gasteiger partial charge on any atom is -0.508 e. The lowest BCUT2D eigenvalue weighted by Gasteiger charge is -2.35. The molecule has 2 unspecified atom stereocenters. The van der Waals surface area contributed by atoms with Gasteiger partial charge in [-0.1, -0.05) is 24.3 Å². The fourth-order valence-corrected chi connectivity index (χ4v) is 3.53. The van der Waals surface area contributed by atoms with Crippen LogP contribution in [-0.2, 0) is 9.59 Å². The molecule has 0 aliphatic carbocycles. The molecule has 1 fully saturated rings. The van der Waals surface area contributed by atoms with Crippen molar-refractivity contribution in [2.45, 2.75) is 31.2 Å². The van der Waals surface area contributed by atoms with E-state index < -0.39 is 30.8 Å². The van der Waals surface area contributed by atoms with E-state index in [9.17, 15) is 28.2 Å². The van der Waals surface area contributed by atoms with Crippen molar-refractivity contribution in [1.29, 1.82) is 0 Å². The number of phenolic OH excluding ortho intramolecular Hbond substituents is 1. The second-order valence-corrected chi connectivity index (χ2v) is 7.45. The minimum absolute atomic E-state index is 0.141. The van der Waals surface area contributed by atoms with Crippen LogP contribution in [0, 0.1) is 5.92 Å². The van der Waals surface area contributed by atoms with Gasteiger partial charge in [0.05, 0.1) is 6.61 Å². The molecule has 11 heteroatoms. The van der Waals surface area contributed by atoms with E-state index in [1.54, 1.807) is 11.0 Å². The molecule has 1 aliphatic rings. The second kappa shape index (κ2) is 10.6. The number of phenols is 1. The molecule has 0 aromatic heterocycles. The van der Waals surface area contributed by atoms with Gasteiger partial charge >= 0.3 is 12.1 Å². The zero-order valence-corrected chi connectivity index (χ0v) is 17.0. The van der Waals surface area contributed by atoms with Crippen LogP contribution < -0.4 is 5.73 Å². The zero-order chi connectivity index (χ0) is 24.1. The number of nitrogens with zero attached hydrogens (tertiary/aromatic N) is 1. The topological polar surface area (TPSA) is 144 Å². The molecule has 176 valence electrons. The van der Waals surface area contributed by atoms with Crippen molar-refractivity contribution >= 4 is 22.6 Å². The van der Waals surface area contributed by atoms with Gasteiger partial charge in [0.1, 0.15) is 5.75 Å². The summed E-state index contributed by atoms with van der Waals surface area (Å²) in [5, 5.41) is 37.8. The number of nitrogens with two attached hydrogens (primary N) is 1. The molecule has 0 radical (unpaired) electrons. The Kier molecular flexibility index (Phi) is 8.42. The Morgan fingerprint density at radius 2 is 1.62 bits per heavy atom. The number of aliphatic hydroxyl groups is 2. The van der Waals surface area contributed by atoms with Crippen LogP contribution in [0.4, 0.5) is 13.2 Å². The molecule has 0 spiro atoms. The number of amides is 1. The van der Waals surface area contributed by atoms with E-state index in [0.717, 1.165) is 16.3 Å². The largest absolute Gasteiger partial charge is 0.508 e. The monoisotopic (exact) mass is 458 g/mol. The third-order valence-corrected chi connectivity index (χ3v) is 5.31. The molecule has 1 heterocycles. The van der Waals surface area contributed by atoms with Gasteiger partial charge in [-0.3, -0.25) is 4.79 Å². The number of fused-ring (bicyclic) bond motifs is 1. The standard InChI is InChI=1S/C19H24N2O4.C2HF3O2/c20-18(12-5-7-21(8-6-12)19(25)17(24)11-22)15-9-13-3-1-2-4-14(13)10-16(15)23;3-2(4,5)1(6)7/h1-4,9-10,12,17-18,22-24H,5-8,11,20H2;(H,6,7). The lowest BCUT2D eigenvalue weighted by Crippen LogP contribution is -2.46. The highest BCUT2D eigenvalue weighted by atomic mass is 19.4. The van der Waals surface area contributed by atoms with Crippen molar-refractivity contribution in [3.8, 4) is 5.75 Å². The van der Waals surface area contributed by atoms with Crippen molar-refractivity contribution in [2.24, 2.45) is 11.7 Å². The molecule has 2 aromatic rings. The van der Waals surface area contributed by atoms with E-state index in [1.807, 2.05) is 30.3 Å². The van der Waals surface area contributed by atoms with Gasteiger partial charge in [0.25, 0.3) is 5.91 Å². The van der Waals surface area contributed by atoms with Gasteiger partial charge in [0.15, 0.2) is 6.10 Å². The number of likely N-dealkylation sites (tertiary alicyclic amines) is 1. The maximum absolute atomic E-state index is 11.9. The first-order valence-electron chi connectivity index (χ1n) is 9.80. The number of carboxylic acid groups (broad SMARTS) is 1. The zero-order valence-electron chi connectivity index (χ0n) is 17.0. The Balaban J connectivity index is 0.000000451. The number of carboxylic acids is 1. The third kappa shape index (κ3) is 6.31. The summed E-state index contributed by atoms with van der Waals surface area (Å²) in [5.74, 6) is -2.86. The summed E-state index contributed by atoms with van der Waals surface area (Å²) in [6.07, 6.45) is -5.05.